The van der Waals surface area contributed by atoms with Crippen LogP contribution in [0.25, 0.3) is 0 Å². The fourth-order valence-electron chi connectivity index (χ4n) is 2.44. The maximum atomic E-state index is 12.0. The summed E-state index contributed by atoms with van der Waals surface area (Å²) >= 11 is 5.18. The van der Waals surface area contributed by atoms with Gasteiger partial charge in [0.15, 0.2) is 0 Å². The first kappa shape index (κ1) is 15.4. The first-order valence-corrected chi connectivity index (χ1v) is 7.37. The number of nitrogens with one attached hydrogen (secondary N) is 1. The number of amides is 1. The molecule has 0 radical (unpaired) electrons. The van der Waals surface area contributed by atoms with E-state index in [1.807, 2.05) is 0 Å². The SMILES string of the molecule is CC(C)CCC(=O)NC1(C(N)=S)CCC(C)CC1. The zero-order valence-electron chi connectivity index (χ0n) is 11.8. The van der Waals surface area contributed by atoms with E-state index in [4.69, 9.17) is 18.0 Å². The fourth-order valence-corrected chi connectivity index (χ4v) is 2.69. The Morgan fingerprint density at radius 3 is 2.44 bits per heavy atom. The van der Waals surface area contributed by atoms with Crippen LogP contribution < -0.4 is 11.1 Å². The zero-order valence-corrected chi connectivity index (χ0v) is 12.6. The Morgan fingerprint density at radius 1 is 1.44 bits per heavy atom. The van der Waals surface area contributed by atoms with Gasteiger partial charge >= 0.3 is 0 Å². The molecule has 0 aromatic heterocycles. The minimum Gasteiger partial charge on any atom is -0.391 e. The van der Waals surface area contributed by atoms with E-state index in [1.54, 1.807) is 0 Å². The highest BCUT2D eigenvalue weighted by Crippen LogP contribution is 2.32. The van der Waals surface area contributed by atoms with Gasteiger partial charge in [-0.25, -0.2) is 0 Å². The highest BCUT2D eigenvalue weighted by Gasteiger charge is 2.38. The van der Waals surface area contributed by atoms with Gasteiger partial charge in [-0.05, 0) is 43.9 Å². The van der Waals surface area contributed by atoms with E-state index in [9.17, 15) is 4.79 Å². The molecular weight excluding hydrogens is 244 g/mol. The Labute approximate surface area is 116 Å². The van der Waals surface area contributed by atoms with Crippen LogP contribution in [0, 0.1) is 11.8 Å². The number of rotatable bonds is 5. The summed E-state index contributed by atoms with van der Waals surface area (Å²) in [6.45, 7) is 6.49. The van der Waals surface area contributed by atoms with Crippen LogP contribution in [0.4, 0.5) is 0 Å². The van der Waals surface area contributed by atoms with Crippen molar-refractivity contribution in [3.63, 3.8) is 0 Å². The molecule has 18 heavy (non-hydrogen) atoms. The van der Waals surface area contributed by atoms with Crippen molar-refractivity contribution in [2.24, 2.45) is 17.6 Å². The normalized spacial score (nSPS) is 28.1. The van der Waals surface area contributed by atoms with Crippen LogP contribution in [0.3, 0.4) is 0 Å². The summed E-state index contributed by atoms with van der Waals surface area (Å²) in [5, 5.41) is 3.10. The fraction of sp³-hybridized carbons (Fsp3) is 0.857. The highest BCUT2D eigenvalue weighted by atomic mass is 32.1. The summed E-state index contributed by atoms with van der Waals surface area (Å²) in [5.74, 6) is 1.34. The van der Waals surface area contributed by atoms with Crippen molar-refractivity contribution in [1.29, 1.82) is 0 Å². The Kier molecular flexibility index (Phi) is 5.57. The molecule has 3 nitrogen and oxygen atoms in total. The maximum absolute atomic E-state index is 12.0. The summed E-state index contributed by atoms with van der Waals surface area (Å²) in [5.41, 5.74) is 5.45. The lowest BCUT2D eigenvalue weighted by atomic mass is 9.77. The molecular formula is C14H26N2OS. The Bertz CT molecular complexity index is 307. The van der Waals surface area contributed by atoms with Crippen LogP contribution in [-0.4, -0.2) is 16.4 Å². The third-order valence-corrected chi connectivity index (χ3v) is 4.32. The summed E-state index contributed by atoms with van der Waals surface area (Å²) in [6.07, 6.45) is 5.42. The summed E-state index contributed by atoms with van der Waals surface area (Å²) in [7, 11) is 0. The molecule has 0 heterocycles. The van der Waals surface area contributed by atoms with E-state index in [2.05, 4.69) is 26.1 Å². The van der Waals surface area contributed by atoms with E-state index >= 15 is 0 Å². The zero-order chi connectivity index (χ0) is 13.8. The second-order valence-electron chi connectivity index (χ2n) is 6.11. The predicted molar refractivity (Wildman–Crippen MR) is 79.4 cm³/mol. The molecule has 4 heteroatoms. The first-order valence-electron chi connectivity index (χ1n) is 6.96. The molecule has 1 aliphatic rings. The number of hydrogen-bond acceptors (Lipinski definition) is 2. The van der Waals surface area contributed by atoms with Gasteiger partial charge in [0.1, 0.15) is 0 Å². The molecule has 1 saturated carbocycles. The molecule has 1 aliphatic carbocycles. The smallest absolute Gasteiger partial charge is 0.220 e. The number of carbonyl (C=O) groups excluding carboxylic acids is 1. The monoisotopic (exact) mass is 270 g/mol. The highest BCUT2D eigenvalue weighted by molar-refractivity contribution is 7.80. The van der Waals surface area contributed by atoms with Crippen molar-refractivity contribution in [1.82, 2.24) is 5.32 Å². The third-order valence-electron chi connectivity index (χ3n) is 3.93. The molecule has 0 saturated heterocycles. The van der Waals surface area contributed by atoms with Gasteiger partial charge in [0.05, 0.1) is 10.5 Å². The maximum Gasteiger partial charge on any atom is 0.220 e. The number of nitrogens with two attached hydrogens (primary N) is 1. The first-order chi connectivity index (χ1) is 8.35. The summed E-state index contributed by atoms with van der Waals surface area (Å²) in [6, 6.07) is 0. The molecule has 1 fully saturated rings. The van der Waals surface area contributed by atoms with E-state index in [-0.39, 0.29) is 5.91 Å². The van der Waals surface area contributed by atoms with E-state index in [1.165, 1.54) is 0 Å². The summed E-state index contributed by atoms with van der Waals surface area (Å²) < 4.78 is 0. The second-order valence-corrected chi connectivity index (χ2v) is 6.55. The van der Waals surface area contributed by atoms with Crippen LogP contribution in [0.1, 0.15) is 59.3 Å². The number of carbonyl (C=O) groups is 1. The molecule has 3 N–H and O–H groups in total. The van der Waals surface area contributed by atoms with Crippen LogP contribution >= 0.6 is 12.2 Å². The van der Waals surface area contributed by atoms with Crippen LogP contribution in [0.5, 0.6) is 0 Å². The van der Waals surface area contributed by atoms with Crippen LogP contribution in [-0.2, 0) is 4.79 Å². The molecule has 0 unspecified atom stereocenters. The Morgan fingerprint density at radius 2 is 2.00 bits per heavy atom. The molecule has 104 valence electrons. The lowest BCUT2D eigenvalue weighted by molar-refractivity contribution is -0.123. The van der Waals surface area contributed by atoms with Gasteiger partial charge < -0.3 is 11.1 Å². The molecule has 0 atom stereocenters. The molecule has 0 spiro atoms. The molecule has 0 aromatic carbocycles. The van der Waals surface area contributed by atoms with Gasteiger partial charge in [0, 0.05) is 6.42 Å². The van der Waals surface area contributed by atoms with Crippen molar-refractivity contribution in [2.45, 2.75) is 64.8 Å². The van der Waals surface area contributed by atoms with Gasteiger partial charge in [-0.3, -0.25) is 4.79 Å². The largest absolute Gasteiger partial charge is 0.391 e. The standard InChI is InChI=1S/C14H26N2OS/c1-10(2)4-5-12(17)16-14(13(15)18)8-6-11(3)7-9-14/h10-11H,4-9H2,1-3H3,(H2,15,18)(H,16,17). The van der Waals surface area contributed by atoms with Gasteiger partial charge in [0.25, 0.3) is 0 Å². The third kappa shape index (κ3) is 4.23. The van der Waals surface area contributed by atoms with Crippen molar-refractivity contribution in [2.75, 3.05) is 0 Å². The van der Waals surface area contributed by atoms with E-state index in [0.717, 1.165) is 32.1 Å². The lowest BCUT2D eigenvalue weighted by Crippen LogP contribution is -2.58. The average molecular weight is 270 g/mol. The van der Waals surface area contributed by atoms with E-state index in [0.29, 0.717) is 23.2 Å². The Hall–Kier alpha value is -0.640. The quantitative estimate of drug-likeness (QED) is 0.755. The van der Waals surface area contributed by atoms with E-state index < -0.39 is 5.54 Å². The van der Waals surface area contributed by atoms with Crippen LogP contribution in [0.2, 0.25) is 0 Å². The number of hydrogen-bond donors (Lipinski definition) is 2. The van der Waals surface area contributed by atoms with Crippen molar-refractivity contribution < 1.29 is 4.79 Å². The molecule has 0 aliphatic heterocycles. The van der Waals surface area contributed by atoms with Crippen LogP contribution in [0.15, 0.2) is 0 Å². The van der Waals surface area contributed by atoms with Crippen molar-refractivity contribution >= 4 is 23.1 Å². The molecule has 1 rings (SSSR count). The van der Waals surface area contributed by atoms with Crippen molar-refractivity contribution in [3.8, 4) is 0 Å². The van der Waals surface area contributed by atoms with Crippen molar-refractivity contribution in [3.05, 3.63) is 0 Å². The summed E-state index contributed by atoms with van der Waals surface area (Å²) in [4.78, 5) is 12.4. The predicted octanol–water partition coefficient (Wildman–Crippen LogP) is 2.77. The molecule has 0 bridgehead atoms. The van der Waals surface area contributed by atoms with Gasteiger partial charge in [-0.1, -0.05) is 33.0 Å². The Balaban J connectivity index is 2.58. The molecule has 1 amide bonds. The second kappa shape index (κ2) is 6.50. The average Bonchev–Trinajstić information content (AvgIpc) is 2.29. The lowest BCUT2D eigenvalue weighted by Gasteiger charge is -2.39. The van der Waals surface area contributed by atoms with Gasteiger partial charge in [0.2, 0.25) is 5.91 Å². The minimum atomic E-state index is -0.421. The molecule has 0 aromatic rings. The van der Waals surface area contributed by atoms with Gasteiger partial charge in [-0.2, -0.15) is 0 Å². The minimum absolute atomic E-state index is 0.0889. The number of thiocarbonyl (C=S) groups is 1. The topological polar surface area (TPSA) is 55.1 Å². The van der Waals surface area contributed by atoms with Gasteiger partial charge in [-0.15, -0.1) is 0 Å².